The predicted octanol–water partition coefficient (Wildman–Crippen LogP) is -3.13. The van der Waals surface area contributed by atoms with Crippen molar-refractivity contribution in [3.8, 4) is 0 Å². The third kappa shape index (κ3) is 6.58. The maximum atomic E-state index is 12.7. The van der Waals surface area contributed by atoms with Crippen molar-refractivity contribution in [1.29, 1.82) is 0 Å². The minimum absolute atomic E-state index is 0. The van der Waals surface area contributed by atoms with Crippen LogP contribution in [0.25, 0.3) is 22.1 Å². The number of rotatable bonds is 2. The zero-order chi connectivity index (χ0) is 32.7. The summed E-state index contributed by atoms with van der Waals surface area (Å²) in [6.07, 6.45) is -2.24. The van der Waals surface area contributed by atoms with Crippen molar-refractivity contribution in [2.75, 3.05) is 0 Å². The number of aromatic nitrogens is 4. The number of benzene rings is 4. The van der Waals surface area contributed by atoms with Gasteiger partial charge in [0.2, 0.25) is 0 Å². The molecule has 6 aromatic rings. The standard InChI is InChI=1S/C14H10N2O5S2.C14H6N2O5S2.ClH.2Na/c2*17-13-6-3-1-2-4-7(6)14(18)10-8(13)5-9(23(19,20)21)11-12(10)16-22-15-11;;;/h1-5,13-14,17-18H,(H,19,20,21);1-5H,(H,19,20,21);1H;;/q;;;2*+1/p-2. The molecule has 2 atom stereocenters. The number of ketones is 2. The summed E-state index contributed by atoms with van der Waals surface area (Å²) in [7, 11) is -9.65. The van der Waals surface area contributed by atoms with Gasteiger partial charge >= 0.3 is 59.1 Å². The Kier molecular flexibility index (Phi) is 11.7. The molecule has 21 heteroatoms. The van der Waals surface area contributed by atoms with Crippen LogP contribution in [-0.4, -0.2) is 65.2 Å². The van der Waals surface area contributed by atoms with Crippen LogP contribution >= 0.6 is 35.9 Å². The van der Waals surface area contributed by atoms with Gasteiger partial charge in [-0.25, -0.2) is 16.8 Å². The smallest absolute Gasteiger partial charge is 0.744 e. The zero-order valence-electron chi connectivity index (χ0n) is 24.9. The summed E-state index contributed by atoms with van der Waals surface area (Å²) in [5, 5.41) is 21.2. The molecule has 49 heavy (non-hydrogen) atoms. The minimum atomic E-state index is -4.86. The van der Waals surface area contributed by atoms with E-state index in [-0.39, 0.29) is 127 Å². The number of halogens is 1. The molecule has 4 aromatic carbocycles. The summed E-state index contributed by atoms with van der Waals surface area (Å²) >= 11 is 1.42. The van der Waals surface area contributed by atoms with Crippen LogP contribution in [0.2, 0.25) is 0 Å². The van der Waals surface area contributed by atoms with E-state index < -0.39 is 53.8 Å². The molecule has 0 aliphatic heterocycles. The van der Waals surface area contributed by atoms with Gasteiger partial charge in [0.05, 0.1) is 38.8 Å². The molecule has 2 aliphatic rings. The number of carbonyl (C=O) groups is 2. The van der Waals surface area contributed by atoms with E-state index in [0.717, 1.165) is 23.9 Å². The quantitative estimate of drug-likeness (QED) is 0.130. The summed E-state index contributed by atoms with van der Waals surface area (Å²) in [6.45, 7) is 0. The summed E-state index contributed by atoms with van der Waals surface area (Å²) in [5.74, 6) is -0.960. The summed E-state index contributed by atoms with van der Waals surface area (Å²) < 4.78 is 84.5. The fourth-order valence-corrected chi connectivity index (χ4v) is 8.21. The topological polar surface area (TPSA) is 241 Å². The Bertz CT molecular complexity index is 2550. The number of aliphatic hydroxyl groups excluding tert-OH is 2. The molecule has 2 heterocycles. The Morgan fingerprint density at radius 3 is 1.61 bits per heavy atom. The van der Waals surface area contributed by atoms with E-state index in [2.05, 4.69) is 17.5 Å². The third-order valence-corrected chi connectivity index (χ3v) is 10.4. The monoisotopic (exact) mass is 776 g/mol. The van der Waals surface area contributed by atoms with Crippen molar-refractivity contribution in [3.63, 3.8) is 0 Å². The number of aliphatic hydroxyl groups is 2. The van der Waals surface area contributed by atoms with E-state index in [1.54, 1.807) is 36.4 Å². The third-order valence-electron chi connectivity index (χ3n) is 7.66. The molecule has 0 spiro atoms. The molecule has 2 unspecified atom stereocenters. The molecule has 240 valence electrons. The van der Waals surface area contributed by atoms with E-state index in [0.29, 0.717) is 22.9 Å². The molecule has 0 saturated heterocycles. The van der Waals surface area contributed by atoms with Crippen LogP contribution < -0.4 is 59.1 Å². The normalized spacial score (nSPS) is 16.1. The molecule has 0 radical (unpaired) electrons. The molecular weight excluding hydrogens is 762 g/mol. The average Bonchev–Trinajstić information content (AvgIpc) is 3.71. The molecular formula is C28H15ClN4Na2O10S4. The van der Waals surface area contributed by atoms with Gasteiger partial charge in [-0.2, -0.15) is 17.5 Å². The SMILES string of the molecule is Cl.O=C1c2ccccc2C(=O)c2c1cc(S(=O)(=O)[O-])c1nsnc21.O=S(=O)([O-])c1cc2c(c3nsnc13)C(O)c1ccccc1C2O.[Na+].[Na+]. The van der Waals surface area contributed by atoms with Crippen LogP contribution in [0.4, 0.5) is 0 Å². The van der Waals surface area contributed by atoms with Crippen LogP contribution in [0, 0.1) is 0 Å². The number of nitrogens with zero attached hydrogens (tertiary/aromatic N) is 4. The summed E-state index contributed by atoms with van der Waals surface area (Å²) in [6, 6.07) is 15.0. The molecule has 0 amide bonds. The van der Waals surface area contributed by atoms with Gasteiger partial charge in [0.25, 0.3) is 0 Å². The second-order valence-electron chi connectivity index (χ2n) is 10.1. The molecule has 2 aliphatic carbocycles. The first kappa shape index (κ1) is 39.7. The fourth-order valence-electron chi connectivity index (χ4n) is 5.66. The Hall–Kier alpha value is -2.11. The van der Waals surface area contributed by atoms with Crippen molar-refractivity contribution in [2.24, 2.45) is 0 Å². The second-order valence-corrected chi connectivity index (χ2v) is 13.9. The number of fused-ring (bicyclic) bond motifs is 8. The molecule has 2 aromatic heterocycles. The first-order valence-electron chi connectivity index (χ1n) is 12.9. The van der Waals surface area contributed by atoms with E-state index >= 15 is 0 Å². The van der Waals surface area contributed by atoms with Crippen molar-refractivity contribution >= 4 is 89.7 Å². The molecule has 0 saturated carbocycles. The van der Waals surface area contributed by atoms with Crippen LogP contribution in [0.3, 0.4) is 0 Å². The minimum Gasteiger partial charge on any atom is -0.744 e. The van der Waals surface area contributed by atoms with Crippen molar-refractivity contribution < 1.29 is 105 Å². The maximum Gasteiger partial charge on any atom is 1.00 e. The number of carbonyl (C=O) groups excluding carboxylic acids is 2. The van der Waals surface area contributed by atoms with Gasteiger partial charge in [-0.15, -0.1) is 12.4 Å². The van der Waals surface area contributed by atoms with Gasteiger partial charge in [0.1, 0.15) is 54.5 Å². The van der Waals surface area contributed by atoms with Crippen molar-refractivity contribution in [2.45, 2.75) is 22.0 Å². The average molecular weight is 777 g/mol. The Labute approximate surface area is 335 Å². The maximum absolute atomic E-state index is 12.7. The van der Waals surface area contributed by atoms with Gasteiger partial charge in [0.15, 0.2) is 11.6 Å². The van der Waals surface area contributed by atoms with E-state index in [1.807, 2.05) is 0 Å². The van der Waals surface area contributed by atoms with Crippen LogP contribution in [0.1, 0.15) is 66.3 Å². The van der Waals surface area contributed by atoms with Gasteiger partial charge in [-0.05, 0) is 28.8 Å². The van der Waals surface area contributed by atoms with Gasteiger partial charge < -0.3 is 19.3 Å². The van der Waals surface area contributed by atoms with E-state index in [1.165, 1.54) is 12.1 Å². The van der Waals surface area contributed by atoms with Crippen LogP contribution in [-0.2, 0) is 20.2 Å². The molecule has 14 nitrogen and oxygen atoms in total. The predicted molar refractivity (Wildman–Crippen MR) is 166 cm³/mol. The molecule has 0 fully saturated rings. The zero-order valence-corrected chi connectivity index (χ0v) is 33.0. The van der Waals surface area contributed by atoms with Gasteiger partial charge in [-0.3, -0.25) is 9.59 Å². The Morgan fingerprint density at radius 1 is 0.592 bits per heavy atom. The summed E-state index contributed by atoms with van der Waals surface area (Å²) in [5.41, 5.74) is 1.51. The summed E-state index contributed by atoms with van der Waals surface area (Å²) in [4.78, 5) is 24.1. The molecule has 8 rings (SSSR count). The molecule has 2 N–H and O–H groups in total. The second kappa shape index (κ2) is 14.5. The largest absolute Gasteiger partial charge is 1.00 e. The fraction of sp³-hybridized carbons (Fsp3) is 0.0714. The van der Waals surface area contributed by atoms with Crippen LogP contribution in [0.15, 0.2) is 70.5 Å². The first-order chi connectivity index (χ1) is 21.8. The molecule has 0 bridgehead atoms. The van der Waals surface area contributed by atoms with Gasteiger partial charge in [0, 0.05) is 22.3 Å². The van der Waals surface area contributed by atoms with E-state index in [4.69, 9.17) is 0 Å². The first-order valence-corrected chi connectivity index (χ1v) is 17.2. The van der Waals surface area contributed by atoms with Crippen LogP contribution in [0.5, 0.6) is 0 Å². The number of hydrogen-bond donors (Lipinski definition) is 2. The van der Waals surface area contributed by atoms with Crippen molar-refractivity contribution in [1.82, 2.24) is 17.5 Å². The number of hydrogen-bond acceptors (Lipinski definition) is 16. The van der Waals surface area contributed by atoms with Gasteiger partial charge in [-0.1, -0.05) is 48.5 Å². The van der Waals surface area contributed by atoms with Crippen molar-refractivity contribution in [3.05, 3.63) is 105 Å². The Morgan fingerprint density at radius 2 is 1.04 bits per heavy atom. The van der Waals surface area contributed by atoms with E-state index in [9.17, 15) is 45.7 Å². The Balaban J connectivity index is 0.000000208.